The lowest BCUT2D eigenvalue weighted by atomic mass is 9.97. The Morgan fingerprint density at radius 1 is 1.23 bits per heavy atom. The quantitative estimate of drug-likeness (QED) is 0.797. The molecule has 0 atom stereocenters. The number of hydrogen-bond acceptors (Lipinski definition) is 5. The molecule has 0 amide bonds. The van der Waals surface area contributed by atoms with Gasteiger partial charge in [0.15, 0.2) is 0 Å². The Hall–Kier alpha value is -2.01. The minimum Gasteiger partial charge on any atom is -0.365 e. The molecule has 0 spiro atoms. The monoisotopic (exact) mass is 310 g/mol. The fourth-order valence-corrected chi connectivity index (χ4v) is 4.39. The lowest BCUT2D eigenvalue weighted by Gasteiger charge is -2.13. The Morgan fingerprint density at radius 2 is 2.14 bits per heavy atom. The number of aromatic nitrogens is 3. The maximum Gasteiger partial charge on any atom is 0.139 e. The Morgan fingerprint density at radius 3 is 3.00 bits per heavy atom. The second kappa shape index (κ2) is 5.65. The highest BCUT2D eigenvalue weighted by molar-refractivity contribution is 7.19. The van der Waals surface area contributed by atoms with Gasteiger partial charge in [-0.1, -0.05) is 6.07 Å². The van der Waals surface area contributed by atoms with E-state index < -0.39 is 0 Å². The Kier molecular flexibility index (Phi) is 3.50. The van der Waals surface area contributed by atoms with Gasteiger partial charge in [0.05, 0.1) is 5.39 Å². The highest BCUT2D eigenvalue weighted by atomic mass is 32.1. The smallest absolute Gasteiger partial charge is 0.139 e. The summed E-state index contributed by atoms with van der Waals surface area (Å²) >= 11 is 1.85. The molecule has 22 heavy (non-hydrogen) atoms. The van der Waals surface area contributed by atoms with Crippen LogP contribution in [-0.2, 0) is 19.4 Å². The summed E-state index contributed by atoms with van der Waals surface area (Å²) in [4.78, 5) is 16.1. The second-order valence-electron chi connectivity index (χ2n) is 5.73. The molecule has 0 saturated heterocycles. The van der Waals surface area contributed by atoms with Crippen molar-refractivity contribution in [3.05, 3.63) is 46.4 Å². The average Bonchev–Trinajstić information content (AvgIpc) is 2.91. The zero-order valence-corrected chi connectivity index (χ0v) is 13.4. The van der Waals surface area contributed by atoms with E-state index in [1.54, 1.807) is 6.20 Å². The third kappa shape index (κ3) is 2.46. The molecule has 3 heterocycles. The number of aryl methyl sites for hydroxylation is 3. The van der Waals surface area contributed by atoms with Gasteiger partial charge in [-0.3, -0.25) is 4.98 Å². The third-order valence-corrected chi connectivity index (χ3v) is 5.29. The van der Waals surface area contributed by atoms with E-state index in [1.165, 1.54) is 35.1 Å². The minimum atomic E-state index is 0.740. The zero-order chi connectivity index (χ0) is 14.9. The van der Waals surface area contributed by atoms with Crippen molar-refractivity contribution in [2.45, 2.75) is 39.2 Å². The van der Waals surface area contributed by atoms with E-state index in [0.29, 0.717) is 0 Å². The number of anilines is 1. The van der Waals surface area contributed by atoms with Gasteiger partial charge in [-0.25, -0.2) is 9.97 Å². The molecule has 1 N–H and O–H groups in total. The molecule has 0 unspecified atom stereocenters. The summed E-state index contributed by atoms with van der Waals surface area (Å²) in [6, 6.07) is 4.04. The molecule has 0 aliphatic heterocycles. The molecular formula is C17H18N4S. The number of thiophene rings is 1. The molecule has 0 radical (unpaired) electrons. The molecular weight excluding hydrogens is 292 g/mol. The van der Waals surface area contributed by atoms with Crippen LogP contribution in [0.5, 0.6) is 0 Å². The molecule has 1 aliphatic rings. The molecule has 4 rings (SSSR count). The predicted octanol–water partition coefficient (Wildman–Crippen LogP) is 3.89. The minimum absolute atomic E-state index is 0.740. The van der Waals surface area contributed by atoms with Crippen LogP contribution in [0.15, 0.2) is 24.5 Å². The maximum absolute atomic E-state index is 4.66. The number of fused-ring (bicyclic) bond motifs is 3. The van der Waals surface area contributed by atoms with Gasteiger partial charge >= 0.3 is 0 Å². The number of hydrogen-bond donors (Lipinski definition) is 1. The lowest BCUT2D eigenvalue weighted by Crippen LogP contribution is -2.05. The largest absolute Gasteiger partial charge is 0.365 e. The first kappa shape index (κ1) is 13.6. The Labute approximate surface area is 133 Å². The van der Waals surface area contributed by atoms with Crippen LogP contribution < -0.4 is 5.32 Å². The standard InChI is InChI=1S/C17H18N4S/c1-11-20-16(19-10-12-5-4-8-18-9-12)15-13-6-2-3-7-14(13)22-17(15)21-11/h4-5,8-9H,2-3,6-7,10H2,1H3,(H,19,20,21). The zero-order valence-electron chi connectivity index (χ0n) is 12.6. The highest BCUT2D eigenvalue weighted by Crippen LogP contribution is 2.38. The number of pyridine rings is 1. The van der Waals surface area contributed by atoms with Crippen LogP contribution in [0.3, 0.4) is 0 Å². The molecule has 0 fully saturated rings. The van der Waals surface area contributed by atoms with E-state index >= 15 is 0 Å². The third-order valence-electron chi connectivity index (χ3n) is 4.11. The van der Waals surface area contributed by atoms with Crippen LogP contribution in [-0.4, -0.2) is 15.0 Å². The van der Waals surface area contributed by atoms with Gasteiger partial charge in [0.1, 0.15) is 16.5 Å². The molecule has 4 nitrogen and oxygen atoms in total. The van der Waals surface area contributed by atoms with Crippen LogP contribution in [0.1, 0.15) is 34.7 Å². The lowest BCUT2D eigenvalue weighted by molar-refractivity contribution is 0.700. The van der Waals surface area contributed by atoms with Crippen molar-refractivity contribution >= 4 is 27.4 Å². The SMILES string of the molecule is Cc1nc(NCc2cccnc2)c2c3c(sc2n1)CCCC3. The van der Waals surface area contributed by atoms with Crippen LogP contribution in [0.4, 0.5) is 5.82 Å². The molecule has 3 aromatic rings. The van der Waals surface area contributed by atoms with Gasteiger partial charge in [0.2, 0.25) is 0 Å². The molecule has 5 heteroatoms. The van der Waals surface area contributed by atoms with Crippen molar-refractivity contribution in [3.8, 4) is 0 Å². The fraction of sp³-hybridized carbons (Fsp3) is 0.353. The van der Waals surface area contributed by atoms with Crippen molar-refractivity contribution in [1.29, 1.82) is 0 Å². The molecule has 1 aliphatic carbocycles. The van der Waals surface area contributed by atoms with Gasteiger partial charge in [0, 0.05) is 23.8 Å². The molecule has 0 saturated carbocycles. The molecule has 112 valence electrons. The summed E-state index contributed by atoms with van der Waals surface area (Å²) in [5.74, 6) is 1.81. The van der Waals surface area contributed by atoms with E-state index in [9.17, 15) is 0 Å². The normalized spacial score (nSPS) is 14.0. The average molecular weight is 310 g/mol. The summed E-state index contributed by atoms with van der Waals surface area (Å²) < 4.78 is 0. The summed E-state index contributed by atoms with van der Waals surface area (Å²) in [6.45, 7) is 2.71. The number of nitrogens with one attached hydrogen (secondary N) is 1. The van der Waals surface area contributed by atoms with E-state index in [-0.39, 0.29) is 0 Å². The molecule has 0 bridgehead atoms. The number of nitrogens with zero attached hydrogens (tertiary/aromatic N) is 3. The van der Waals surface area contributed by atoms with Crippen molar-refractivity contribution in [1.82, 2.24) is 15.0 Å². The van der Waals surface area contributed by atoms with E-state index in [1.807, 2.05) is 30.5 Å². The Balaban J connectivity index is 1.74. The van der Waals surface area contributed by atoms with Gasteiger partial charge in [-0.2, -0.15) is 0 Å². The second-order valence-corrected chi connectivity index (χ2v) is 6.81. The van der Waals surface area contributed by atoms with E-state index in [2.05, 4.69) is 26.3 Å². The summed E-state index contributed by atoms with van der Waals surface area (Å²) in [7, 11) is 0. The summed E-state index contributed by atoms with van der Waals surface area (Å²) in [5.41, 5.74) is 2.64. The maximum atomic E-state index is 4.66. The first-order valence-corrected chi connectivity index (χ1v) is 8.54. The molecule has 3 aromatic heterocycles. The Bertz CT molecular complexity index is 810. The van der Waals surface area contributed by atoms with Gasteiger partial charge in [-0.05, 0) is 49.8 Å². The van der Waals surface area contributed by atoms with Gasteiger partial charge < -0.3 is 5.32 Å². The van der Waals surface area contributed by atoms with Crippen molar-refractivity contribution in [2.75, 3.05) is 5.32 Å². The summed E-state index contributed by atoms with van der Waals surface area (Å²) in [6.07, 6.45) is 8.60. The number of rotatable bonds is 3. The topological polar surface area (TPSA) is 50.7 Å². The first-order chi connectivity index (χ1) is 10.8. The van der Waals surface area contributed by atoms with Gasteiger partial charge in [-0.15, -0.1) is 11.3 Å². The van der Waals surface area contributed by atoms with E-state index in [0.717, 1.165) is 35.0 Å². The van der Waals surface area contributed by atoms with Crippen LogP contribution in [0, 0.1) is 6.92 Å². The summed E-state index contributed by atoms with van der Waals surface area (Å²) in [5, 5.41) is 4.74. The highest BCUT2D eigenvalue weighted by Gasteiger charge is 2.20. The van der Waals surface area contributed by atoms with Crippen molar-refractivity contribution < 1.29 is 0 Å². The van der Waals surface area contributed by atoms with Crippen LogP contribution >= 0.6 is 11.3 Å². The predicted molar refractivity (Wildman–Crippen MR) is 90.4 cm³/mol. The molecule has 0 aromatic carbocycles. The van der Waals surface area contributed by atoms with Gasteiger partial charge in [0.25, 0.3) is 0 Å². The van der Waals surface area contributed by atoms with Crippen molar-refractivity contribution in [3.63, 3.8) is 0 Å². The van der Waals surface area contributed by atoms with Crippen LogP contribution in [0.25, 0.3) is 10.2 Å². The van der Waals surface area contributed by atoms with Crippen molar-refractivity contribution in [2.24, 2.45) is 0 Å². The fourth-order valence-electron chi connectivity index (χ4n) is 3.08. The van der Waals surface area contributed by atoms with Crippen LogP contribution in [0.2, 0.25) is 0 Å². The van der Waals surface area contributed by atoms with E-state index in [4.69, 9.17) is 0 Å². The first-order valence-electron chi connectivity index (χ1n) is 7.73.